The van der Waals surface area contributed by atoms with E-state index in [4.69, 9.17) is 0 Å². The molecular formula is C16H15FN4. The molecular weight excluding hydrogens is 267 g/mol. The third-order valence-corrected chi connectivity index (χ3v) is 3.28. The van der Waals surface area contributed by atoms with Crippen molar-refractivity contribution in [1.82, 2.24) is 15.0 Å². The lowest BCUT2D eigenvalue weighted by molar-refractivity contribution is 0.629. The number of aromatic nitrogens is 3. The summed E-state index contributed by atoms with van der Waals surface area (Å²) < 4.78 is 13.3. The van der Waals surface area contributed by atoms with Gasteiger partial charge < -0.3 is 5.32 Å². The highest BCUT2D eigenvalue weighted by atomic mass is 19.1. The molecule has 0 aliphatic carbocycles. The number of halogens is 1. The number of rotatable bonds is 5. The van der Waals surface area contributed by atoms with Gasteiger partial charge in [-0.05, 0) is 48.7 Å². The average molecular weight is 282 g/mol. The number of nitrogens with one attached hydrogen (secondary N) is 1. The maximum absolute atomic E-state index is 13.3. The largest absolute Gasteiger partial charge is 0.369 e. The molecule has 0 fully saturated rings. The molecule has 21 heavy (non-hydrogen) atoms. The summed E-state index contributed by atoms with van der Waals surface area (Å²) in [6.07, 6.45) is 7.01. The van der Waals surface area contributed by atoms with Crippen LogP contribution in [0.4, 0.5) is 10.2 Å². The number of aryl methyl sites for hydroxylation is 1. The van der Waals surface area contributed by atoms with Gasteiger partial charge in [-0.15, -0.1) is 0 Å². The van der Waals surface area contributed by atoms with Crippen LogP contribution in [0.25, 0.3) is 10.9 Å². The molecule has 4 nitrogen and oxygen atoms in total. The Balaban J connectivity index is 1.64. The zero-order valence-electron chi connectivity index (χ0n) is 11.5. The summed E-state index contributed by atoms with van der Waals surface area (Å²) in [7, 11) is 0. The third kappa shape index (κ3) is 3.31. The van der Waals surface area contributed by atoms with Gasteiger partial charge in [-0.3, -0.25) is 4.98 Å². The Hall–Kier alpha value is -2.56. The molecule has 2 aromatic heterocycles. The minimum Gasteiger partial charge on any atom is -0.369 e. The van der Waals surface area contributed by atoms with Crippen LogP contribution in [0.1, 0.15) is 12.0 Å². The quantitative estimate of drug-likeness (QED) is 0.730. The molecule has 0 amide bonds. The Kier molecular flexibility index (Phi) is 4.00. The first kappa shape index (κ1) is 13.4. The molecule has 5 heteroatoms. The van der Waals surface area contributed by atoms with Crippen LogP contribution in [0.5, 0.6) is 0 Å². The van der Waals surface area contributed by atoms with Crippen LogP contribution >= 0.6 is 0 Å². The Labute approximate surface area is 122 Å². The van der Waals surface area contributed by atoms with Gasteiger partial charge in [0.15, 0.2) is 0 Å². The minimum atomic E-state index is -0.280. The van der Waals surface area contributed by atoms with Gasteiger partial charge in [-0.2, -0.15) is 0 Å². The van der Waals surface area contributed by atoms with Crippen molar-refractivity contribution in [2.24, 2.45) is 0 Å². The van der Waals surface area contributed by atoms with Crippen molar-refractivity contribution >= 4 is 16.7 Å². The van der Waals surface area contributed by atoms with Crippen molar-refractivity contribution in [3.05, 3.63) is 60.4 Å². The van der Waals surface area contributed by atoms with Crippen LogP contribution in [0.15, 0.2) is 49.1 Å². The summed E-state index contributed by atoms with van der Waals surface area (Å²) in [5.41, 5.74) is 1.99. The second kappa shape index (κ2) is 6.26. The highest BCUT2D eigenvalue weighted by Crippen LogP contribution is 2.20. The molecule has 0 unspecified atom stereocenters. The number of pyridine rings is 1. The zero-order chi connectivity index (χ0) is 14.5. The molecule has 0 atom stereocenters. The predicted molar refractivity (Wildman–Crippen MR) is 80.5 cm³/mol. The summed E-state index contributed by atoms with van der Waals surface area (Å²) >= 11 is 0. The maximum atomic E-state index is 13.3. The second-order valence-electron chi connectivity index (χ2n) is 4.77. The van der Waals surface area contributed by atoms with Crippen molar-refractivity contribution in [1.29, 1.82) is 0 Å². The maximum Gasteiger partial charge on any atom is 0.137 e. The van der Waals surface area contributed by atoms with E-state index < -0.39 is 0 Å². The second-order valence-corrected chi connectivity index (χ2v) is 4.77. The lowest BCUT2D eigenvalue weighted by atomic mass is 10.1. The summed E-state index contributed by atoms with van der Waals surface area (Å²) in [5.74, 6) is 0.395. The molecule has 106 valence electrons. The van der Waals surface area contributed by atoms with Gasteiger partial charge in [-0.25, -0.2) is 14.4 Å². The SMILES string of the molecule is Fc1ccc2ncnc(NCCCc3ccncc3)c2c1. The van der Waals surface area contributed by atoms with E-state index >= 15 is 0 Å². The molecule has 1 N–H and O–H groups in total. The molecule has 0 spiro atoms. The minimum absolute atomic E-state index is 0.280. The summed E-state index contributed by atoms with van der Waals surface area (Å²) in [5, 5.41) is 3.96. The Morgan fingerprint density at radius 1 is 1.05 bits per heavy atom. The first-order chi connectivity index (χ1) is 10.3. The van der Waals surface area contributed by atoms with E-state index in [0.29, 0.717) is 11.2 Å². The van der Waals surface area contributed by atoms with Crippen molar-refractivity contribution in [3.63, 3.8) is 0 Å². The fourth-order valence-electron chi connectivity index (χ4n) is 2.22. The number of hydrogen-bond donors (Lipinski definition) is 1. The molecule has 3 rings (SSSR count). The van der Waals surface area contributed by atoms with Crippen molar-refractivity contribution in [3.8, 4) is 0 Å². The lowest BCUT2D eigenvalue weighted by Gasteiger charge is -2.08. The molecule has 3 aromatic rings. The number of nitrogens with zero attached hydrogens (tertiary/aromatic N) is 3. The third-order valence-electron chi connectivity index (χ3n) is 3.28. The van der Waals surface area contributed by atoms with Crippen LogP contribution in [-0.4, -0.2) is 21.5 Å². The van der Waals surface area contributed by atoms with Gasteiger partial charge in [-0.1, -0.05) is 0 Å². The molecule has 2 heterocycles. The number of hydrogen-bond acceptors (Lipinski definition) is 4. The molecule has 0 aliphatic rings. The van der Waals surface area contributed by atoms with Crippen molar-refractivity contribution in [2.45, 2.75) is 12.8 Å². The first-order valence-electron chi connectivity index (χ1n) is 6.86. The molecule has 0 saturated heterocycles. The van der Waals surface area contributed by atoms with Crippen molar-refractivity contribution in [2.75, 3.05) is 11.9 Å². The van der Waals surface area contributed by atoms with Gasteiger partial charge in [0, 0.05) is 24.3 Å². The fraction of sp³-hybridized carbons (Fsp3) is 0.188. The Morgan fingerprint density at radius 3 is 2.76 bits per heavy atom. The highest BCUT2D eigenvalue weighted by Gasteiger charge is 2.04. The Morgan fingerprint density at radius 2 is 1.90 bits per heavy atom. The van der Waals surface area contributed by atoms with Crippen LogP contribution in [0, 0.1) is 5.82 Å². The zero-order valence-corrected chi connectivity index (χ0v) is 11.5. The smallest absolute Gasteiger partial charge is 0.137 e. The highest BCUT2D eigenvalue weighted by molar-refractivity contribution is 5.88. The predicted octanol–water partition coefficient (Wildman–Crippen LogP) is 3.21. The van der Waals surface area contributed by atoms with Crippen LogP contribution < -0.4 is 5.32 Å². The van der Waals surface area contributed by atoms with E-state index in [9.17, 15) is 4.39 Å². The van der Waals surface area contributed by atoms with E-state index in [-0.39, 0.29) is 5.82 Å². The molecule has 0 bridgehead atoms. The molecule has 0 radical (unpaired) electrons. The van der Waals surface area contributed by atoms with Gasteiger partial charge in [0.2, 0.25) is 0 Å². The van der Waals surface area contributed by atoms with Gasteiger partial charge in [0.05, 0.1) is 5.52 Å². The first-order valence-corrected chi connectivity index (χ1v) is 6.86. The Bertz CT molecular complexity index is 731. The monoisotopic (exact) mass is 282 g/mol. The van der Waals surface area contributed by atoms with E-state index in [2.05, 4.69) is 20.3 Å². The summed E-state index contributed by atoms with van der Waals surface area (Å²) in [6, 6.07) is 8.54. The number of benzene rings is 1. The van der Waals surface area contributed by atoms with Gasteiger partial charge >= 0.3 is 0 Å². The van der Waals surface area contributed by atoms with Gasteiger partial charge in [0.1, 0.15) is 18.0 Å². The lowest BCUT2D eigenvalue weighted by Crippen LogP contribution is -2.05. The molecule has 0 saturated carbocycles. The summed E-state index contributed by atoms with van der Waals surface area (Å²) in [6.45, 7) is 0.769. The van der Waals surface area contributed by atoms with E-state index in [0.717, 1.165) is 24.9 Å². The standard InChI is InChI=1S/C16H15FN4/c17-13-3-4-15-14(10-13)16(21-11-20-15)19-7-1-2-12-5-8-18-9-6-12/h3-6,8-11H,1-2,7H2,(H,19,20,21). The van der Waals surface area contributed by atoms with Crippen LogP contribution in [0.3, 0.4) is 0 Å². The normalized spacial score (nSPS) is 10.7. The van der Waals surface area contributed by atoms with E-state index in [1.54, 1.807) is 18.5 Å². The van der Waals surface area contributed by atoms with E-state index in [1.165, 1.54) is 24.0 Å². The molecule has 0 aliphatic heterocycles. The van der Waals surface area contributed by atoms with Crippen LogP contribution in [-0.2, 0) is 6.42 Å². The number of fused-ring (bicyclic) bond motifs is 1. The van der Waals surface area contributed by atoms with E-state index in [1.807, 2.05) is 12.1 Å². The molecule has 1 aromatic carbocycles. The van der Waals surface area contributed by atoms with Gasteiger partial charge in [0.25, 0.3) is 0 Å². The fourth-order valence-corrected chi connectivity index (χ4v) is 2.22. The van der Waals surface area contributed by atoms with Crippen molar-refractivity contribution < 1.29 is 4.39 Å². The summed E-state index contributed by atoms with van der Waals surface area (Å²) in [4.78, 5) is 12.3. The van der Waals surface area contributed by atoms with Crippen LogP contribution in [0.2, 0.25) is 0 Å². The average Bonchev–Trinajstić information content (AvgIpc) is 2.53. The number of anilines is 1. The topological polar surface area (TPSA) is 50.7 Å².